The molecule has 1 aromatic rings. The highest BCUT2D eigenvalue weighted by Crippen LogP contribution is 2.32. The van der Waals surface area contributed by atoms with Crippen molar-refractivity contribution >= 4 is 23.4 Å². The van der Waals surface area contributed by atoms with Crippen LogP contribution in [0.15, 0.2) is 18.2 Å². The molecule has 4 rings (SSSR count). The first-order chi connectivity index (χ1) is 13.0. The Bertz CT molecular complexity index is 778. The quantitative estimate of drug-likeness (QED) is 0.854. The van der Waals surface area contributed by atoms with E-state index in [0.29, 0.717) is 32.5 Å². The van der Waals surface area contributed by atoms with E-state index in [4.69, 9.17) is 4.74 Å². The van der Waals surface area contributed by atoms with Gasteiger partial charge in [0.2, 0.25) is 11.8 Å². The van der Waals surface area contributed by atoms with E-state index in [1.165, 1.54) is 21.9 Å². The average molecular weight is 375 g/mol. The van der Waals surface area contributed by atoms with Gasteiger partial charge in [0.25, 0.3) is 5.91 Å². The first-order valence-electron chi connectivity index (χ1n) is 9.35. The van der Waals surface area contributed by atoms with Gasteiger partial charge in [-0.2, -0.15) is 0 Å². The van der Waals surface area contributed by atoms with E-state index in [-0.39, 0.29) is 41.6 Å². The zero-order chi connectivity index (χ0) is 19.0. The van der Waals surface area contributed by atoms with Gasteiger partial charge in [0, 0.05) is 19.7 Å². The van der Waals surface area contributed by atoms with Gasteiger partial charge in [-0.3, -0.25) is 14.4 Å². The lowest BCUT2D eigenvalue weighted by Gasteiger charge is -2.25. The zero-order valence-corrected chi connectivity index (χ0v) is 14.9. The molecule has 3 aliphatic rings. The van der Waals surface area contributed by atoms with Gasteiger partial charge in [-0.15, -0.1) is 0 Å². The third kappa shape index (κ3) is 3.41. The van der Waals surface area contributed by atoms with Crippen molar-refractivity contribution in [3.05, 3.63) is 29.6 Å². The van der Waals surface area contributed by atoms with E-state index >= 15 is 0 Å². The van der Waals surface area contributed by atoms with Crippen molar-refractivity contribution in [2.24, 2.45) is 0 Å². The number of nitrogens with zero attached hydrogens (tertiary/aromatic N) is 2. The Balaban J connectivity index is 1.57. The number of ether oxygens (including phenoxy) is 1. The molecule has 1 N–H and O–H groups in total. The number of fused-ring (bicyclic) bond motifs is 2. The van der Waals surface area contributed by atoms with Gasteiger partial charge in [-0.05, 0) is 43.9 Å². The minimum absolute atomic E-state index is 0.00192. The second-order valence-corrected chi connectivity index (χ2v) is 7.18. The predicted octanol–water partition coefficient (Wildman–Crippen LogP) is 1.07. The highest BCUT2D eigenvalue weighted by atomic mass is 19.1. The van der Waals surface area contributed by atoms with Crippen LogP contribution in [0, 0.1) is 5.82 Å². The van der Waals surface area contributed by atoms with Gasteiger partial charge in [0.05, 0.1) is 17.4 Å². The Morgan fingerprint density at radius 1 is 1.26 bits per heavy atom. The lowest BCUT2D eigenvalue weighted by Crippen LogP contribution is -2.48. The van der Waals surface area contributed by atoms with Gasteiger partial charge in [-0.25, -0.2) is 4.39 Å². The molecule has 2 unspecified atom stereocenters. The van der Waals surface area contributed by atoms with Crippen LogP contribution in [0.1, 0.15) is 36.0 Å². The highest BCUT2D eigenvalue weighted by molar-refractivity contribution is 6.12. The predicted molar refractivity (Wildman–Crippen MR) is 94.8 cm³/mol. The smallest absolute Gasteiger partial charge is 0.256 e. The fourth-order valence-corrected chi connectivity index (χ4v) is 4.03. The summed E-state index contributed by atoms with van der Waals surface area (Å²) < 4.78 is 19.2. The lowest BCUT2D eigenvalue weighted by molar-refractivity contribution is -0.125. The maximum Gasteiger partial charge on any atom is 0.256 e. The number of amides is 3. The number of hydrogen-bond donors (Lipinski definition) is 1. The number of carbonyl (C=O) groups is 3. The van der Waals surface area contributed by atoms with Crippen molar-refractivity contribution in [1.29, 1.82) is 0 Å². The van der Waals surface area contributed by atoms with Crippen molar-refractivity contribution in [3.63, 3.8) is 0 Å². The Labute approximate surface area is 156 Å². The number of hydrogen-bond acceptors (Lipinski definition) is 4. The SMILES string of the molecule is O=C(CN1C(=O)C2CCCN2C(=O)c2cc(F)ccc21)NCC1CCCO1. The monoisotopic (exact) mass is 375 g/mol. The molecule has 2 saturated heterocycles. The van der Waals surface area contributed by atoms with Crippen LogP contribution in [0.25, 0.3) is 0 Å². The topological polar surface area (TPSA) is 79.0 Å². The van der Waals surface area contributed by atoms with Gasteiger partial charge in [0.15, 0.2) is 0 Å². The molecule has 0 bridgehead atoms. The Hall–Kier alpha value is -2.48. The molecule has 144 valence electrons. The van der Waals surface area contributed by atoms with Crippen LogP contribution in [0.4, 0.5) is 10.1 Å². The second kappa shape index (κ2) is 7.26. The zero-order valence-electron chi connectivity index (χ0n) is 14.9. The number of rotatable bonds is 4. The number of benzene rings is 1. The molecule has 3 amide bonds. The summed E-state index contributed by atoms with van der Waals surface area (Å²) in [5, 5.41) is 2.80. The summed E-state index contributed by atoms with van der Waals surface area (Å²) >= 11 is 0. The van der Waals surface area contributed by atoms with Crippen LogP contribution in [0.5, 0.6) is 0 Å². The molecular weight excluding hydrogens is 353 g/mol. The molecule has 3 heterocycles. The van der Waals surface area contributed by atoms with E-state index in [2.05, 4.69) is 5.32 Å². The average Bonchev–Trinajstić information content (AvgIpc) is 3.33. The first kappa shape index (κ1) is 17.9. The number of carbonyl (C=O) groups excluding carboxylic acids is 3. The minimum Gasteiger partial charge on any atom is -0.376 e. The van der Waals surface area contributed by atoms with Crippen LogP contribution in [0.3, 0.4) is 0 Å². The van der Waals surface area contributed by atoms with Crippen molar-refractivity contribution in [2.45, 2.75) is 37.8 Å². The number of anilines is 1. The molecule has 3 aliphatic heterocycles. The molecule has 0 aromatic heterocycles. The largest absolute Gasteiger partial charge is 0.376 e. The summed E-state index contributed by atoms with van der Waals surface area (Å²) in [5.41, 5.74) is 0.410. The van der Waals surface area contributed by atoms with E-state index in [1.807, 2.05) is 0 Å². The Kier molecular flexibility index (Phi) is 4.82. The number of nitrogens with one attached hydrogen (secondary N) is 1. The molecule has 2 atom stereocenters. The number of halogens is 1. The van der Waals surface area contributed by atoms with Gasteiger partial charge >= 0.3 is 0 Å². The lowest BCUT2D eigenvalue weighted by atomic mass is 10.1. The molecule has 7 nitrogen and oxygen atoms in total. The van der Waals surface area contributed by atoms with Crippen molar-refractivity contribution in [3.8, 4) is 0 Å². The van der Waals surface area contributed by atoms with Crippen molar-refractivity contribution in [2.75, 3.05) is 31.1 Å². The minimum atomic E-state index is -0.598. The fraction of sp³-hybridized carbons (Fsp3) is 0.526. The van der Waals surface area contributed by atoms with Crippen LogP contribution < -0.4 is 10.2 Å². The maximum absolute atomic E-state index is 13.8. The fourth-order valence-electron chi connectivity index (χ4n) is 4.03. The summed E-state index contributed by atoms with van der Waals surface area (Å²) in [4.78, 5) is 41.1. The molecule has 27 heavy (non-hydrogen) atoms. The summed E-state index contributed by atoms with van der Waals surface area (Å²) in [7, 11) is 0. The van der Waals surface area contributed by atoms with E-state index in [1.54, 1.807) is 0 Å². The molecule has 0 radical (unpaired) electrons. The summed E-state index contributed by atoms with van der Waals surface area (Å²) in [6.45, 7) is 1.35. The first-order valence-corrected chi connectivity index (χ1v) is 9.35. The van der Waals surface area contributed by atoms with Gasteiger partial charge in [-0.1, -0.05) is 0 Å². The molecule has 0 aliphatic carbocycles. The van der Waals surface area contributed by atoms with Crippen molar-refractivity contribution in [1.82, 2.24) is 10.2 Å². The second-order valence-electron chi connectivity index (χ2n) is 7.18. The standard InChI is InChI=1S/C19H22FN3O4/c20-12-5-6-15-14(9-12)18(25)22-7-1-4-16(22)19(26)23(15)11-17(24)21-10-13-3-2-8-27-13/h5-6,9,13,16H,1-4,7-8,10-11H2,(H,21,24). The van der Waals surface area contributed by atoms with Crippen LogP contribution in [0.2, 0.25) is 0 Å². The van der Waals surface area contributed by atoms with Crippen LogP contribution in [-0.2, 0) is 14.3 Å². The molecule has 8 heteroatoms. The van der Waals surface area contributed by atoms with Crippen molar-refractivity contribution < 1.29 is 23.5 Å². The molecular formula is C19H22FN3O4. The summed E-state index contributed by atoms with van der Waals surface area (Å²) in [6, 6.07) is 3.14. The van der Waals surface area contributed by atoms with Crippen LogP contribution >= 0.6 is 0 Å². The summed E-state index contributed by atoms with van der Waals surface area (Å²) in [5.74, 6) is -1.52. The van der Waals surface area contributed by atoms with E-state index in [9.17, 15) is 18.8 Å². The summed E-state index contributed by atoms with van der Waals surface area (Å²) in [6.07, 6.45) is 3.14. The molecule has 0 saturated carbocycles. The van der Waals surface area contributed by atoms with E-state index in [0.717, 1.165) is 18.9 Å². The molecule has 0 spiro atoms. The maximum atomic E-state index is 13.8. The van der Waals surface area contributed by atoms with Crippen LogP contribution in [-0.4, -0.2) is 61.0 Å². The highest BCUT2D eigenvalue weighted by Gasteiger charge is 2.42. The van der Waals surface area contributed by atoms with Gasteiger partial charge < -0.3 is 19.9 Å². The third-order valence-corrected chi connectivity index (χ3v) is 5.40. The Morgan fingerprint density at radius 2 is 2.11 bits per heavy atom. The van der Waals surface area contributed by atoms with Gasteiger partial charge in [0.1, 0.15) is 18.4 Å². The Morgan fingerprint density at radius 3 is 2.89 bits per heavy atom. The van der Waals surface area contributed by atoms with E-state index < -0.39 is 11.9 Å². The molecule has 1 aromatic carbocycles. The molecule has 2 fully saturated rings. The normalized spacial score (nSPS) is 24.6. The third-order valence-electron chi connectivity index (χ3n) is 5.40.